The molecule has 1 fully saturated rings. The molecule has 0 amide bonds. The first-order chi connectivity index (χ1) is 8.40. The highest BCUT2D eigenvalue weighted by Gasteiger charge is 2.31. The Morgan fingerprint density at radius 1 is 1.39 bits per heavy atom. The zero-order valence-corrected chi connectivity index (χ0v) is 13.0. The SMILES string of the molecule is CCNC(CN1CCN(C)C(C)C1)C(C)(C)OC. The molecule has 0 aromatic carbocycles. The van der Waals surface area contributed by atoms with Gasteiger partial charge in [0, 0.05) is 45.4 Å². The van der Waals surface area contributed by atoms with Crippen molar-refractivity contribution in [3.63, 3.8) is 0 Å². The first-order valence-corrected chi connectivity index (χ1v) is 7.11. The maximum atomic E-state index is 5.64. The molecule has 0 radical (unpaired) electrons. The monoisotopic (exact) mass is 257 g/mol. The third-order valence-corrected chi connectivity index (χ3v) is 4.30. The minimum Gasteiger partial charge on any atom is -0.377 e. The first-order valence-electron chi connectivity index (χ1n) is 7.11. The van der Waals surface area contributed by atoms with Gasteiger partial charge in [0.1, 0.15) is 0 Å². The molecule has 1 aliphatic rings. The van der Waals surface area contributed by atoms with E-state index in [0.717, 1.165) is 32.7 Å². The van der Waals surface area contributed by atoms with Crippen molar-refractivity contribution in [3.05, 3.63) is 0 Å². The van der Waals surface area contributed by atoms with Crippen molar-refractivity contribution in [2.75, 3.05) is 46.9 Å². The topological polar surface area (TPSA) is 27.7 Å². The number of hydrogen-bond donors (Lipinski definition) is 1. The second-order valence-corrected chi connectivity index (χ2v) is 6.01. The summed E-state index contributed by atoms with van der Waals surface area (Å²) in [6, 6.07) is 1.02. The fraction of sp³-hybridized carbons (Fsp3) is 1.00. The molecular weight excluding hydrogens is 226 g/mol. The van der Waals surface area contributed by atoms with Crippen molar-refractivity contribution >= 4 is 0 Å². The molecule has 1 saturated heterocycles. The number of rotatable bonds is 6. The van der Waals surface area contributed by atoms with Gasteiger partial charge in [-0.3, -0.25) is 4.90 Å². The molecule has 0 saturated carbocycles. The Bertz CT molecular complexity index is 245. The molecule has 1 rings (SSSR count). The summed E-state index contributed by atoms with van der Waals surface area (Å²) in [7, 11) is 4.01. The highest BCUT2D eigenvalue weighted by molar-refractivity contribution is 4.89. The summed E-state index contributed by atoms with van der Waals surface area (Å²) in [6.45, 7) is 14.3. The van der Waals surface area contributed by atoms with Gasteiger partial charge < -0.3 is 15.0 Å². The average Bonchev–Trinajstić information content (AvgIpc) is 2.33. The van der Waals surface area contributed by atoms with Gasteiger partial charge in [-0.2, -0.15) is 0 Å². The zero-order chi connectivity index (χ0) is 13.8. The van der Waals surface area contributed by atoms with Crippen LogP contribution < -0.4 is 5.32 Å². The molecule has 1 N–H and O–H groups in total. The van der Waals surface area contributed by atoms with Crippen molar-refractivity contribution in [3.8, 4) is 0 Å². The number of ether oxygens (including phenoxy) is 1. The Hall–Kier alpha value is -0.160. The Balaban J connectivity index is 2.56. The third-order valence-electron chi connectivity index (χ3n) is 4.30. The number of likely N-dealkylation sites (N-methyl/N-ethyl adjacent to an activating group) is 2. The molecule has 1 heterocycles. The van der Waals surface area contributed by atoms with Crippen LogP contribution in [0.15, 0.2) is 0 Å². The normalized spacial score (nSPS) is 25.3. The number of nitrogens with one attached hydrogen (secondary N) is 1. The van der Waals surface area contributed by atoms with Crippen LogP contribution in [0.25, 0.3) is 0 Å². The second kappa shape index (κ2) is 6.85. The van der Waals surface area contributed by atoms with Gasteiger partial charge in [0.25, 0.3) is 0 Å². The van der Waals surface area contributed by atoms with Crippen LogP contribution in [-0.4, -0.2) is 74.4 Å². The molecule has 2 atom stereocenters. The first kappa shape index (κ1) is 15.9. The van der Waals surface area contributed by atoms with Gasteiger partial charge in [0.15, 0.2) is 0 Å². The van der Waals surface area contributed by atoms with E-state index in [-0.39, 0.29) is 5.60 Å². The predicted octanol–water partition coefficient (Wildman–Crippen LogP) is 1.03. The van der Waals surface area contributed by atoms with Crippen LogP contribution >= 0.6 is 0 Å². The average molecular weight is 257 g/mol. The fourth-order valence-electron chi connectivity index (χ4n) is 2.47. The standard InChI is InChI=1S/C14H31N3O/c1-7-15-13(14(3,4)18-6)11-17-9-8-16(5)12(2)10-17/h12-13,15H,7-11H2,1-6H3. The van der Waals surface area contributed by atoms with Crippen LogP contribution in [0.2, 0.25) is 0 Å². The lowest BCUT2D eigenvalue weighted by atomic mass is 9.97. The van der Waals surface area contributed by atoms with Crippen LogP contribution in [0.1, 0.15) is 27.7 Å². The highest BCUT2D eigenvalue weighted by Crippen LogP contribution is 2.17. The van der Waals surface area contributed by atoms with Crippen molar-refractivity contribution < 1.29 is 4.74 Å². The minimum absolute atomic E-state index is 0.122. The predicted molar refractivity (Wildman–Crippen MR) is 77.1 cm³/mol. The van der Waals surface area contributed by atoms with E-state index in [0.29, 0.717) is 12.1 Å². The fourth-order valence-corrected chi connectivity index (χ4v) is 2.47. The zero-order valence-electron chi connectivity index (χ0n) is 13.0. The van der Waals surface area contributed by atoms with Gasteiger partial charge in [0.05, 0.1) is 5.60 Å². The van der Waals surface area contributed by atoms with Crippen LogP contribution in [0.3, 0.4) is 0 Å². The Morgan fingerprint density at radius 2 is 2.06 bits per heavy atom. The van der Waals surface area contributed by atoms with Crippen LogP contribution in [-0.2, 0) is 4.74 Å². The maximum absolute atomic E-state index is 5.64. The summed E-state index contributed by atoms with van der Waals surface area (Å²) in [6.07, 6.45) is 0. The lowest BCUT2D eigenvalue weighted by Gasteiger charge is -2.42. The van der Waals surface area contributed by atoms with Crippen LogP contribution in [0, 0.1) is 0 Å². The minimum atomic E-state index is -0.122. The summed E-state index contributed by atoms with van der Waals surface area (Å²) in [5.41, 5.74) is -0.122. The lowest BCUT2D eigenvalue weighted by Crippen LogP contribution is -2.58. The molecule has 0 aliphatic carbocycles. The van der Waals surface area contributed by atoms with E-state index in [1.807, 2.05) is 0 Å². The van der Waals surface area contributed by atoms with E-state index >= 15 is 0 Å². The molecule has 0 spiro atoms. The van der Waals surface area contributed by atoms with Crippen LogP contribution in [0.5, 0.6) is 0 Å². The molecule has 18 heavy (non-hydrogen) atoms. The molecule has 4 heteroatoms. The van der Waals surface area contributed by atoms with Gasteiger partial charge in [-0.25, -0.2) is 0 Å². The molecule has 0 aromatic rings. The van der Waals surface area contributed by atoms with E-state index < -0.39 is 0 Å². The Morgan fingerprint density at radius 3 is 2.56 bits per heavy atom. The van der Waals surface area contributed by atoms with E-state index in [2.05, 4.69) is 49.9 Å². The van der Waals surface area contributed by atoms with Crippen molar-refractivity contribution in [2.45, 2.75) is 45.4 Å². The van der Waals surface area contributed by atoms with Crippen molar-refractivity contribution in [2.24, 2.45) is 0 Å². The summed E-state index contributed by atoms with van der Waals surface area (Å²) in [5.74, 6) is 0. The molecule has 2 unspecified atom stereocenters. The number of nitrogens with zero attached hydrogens (tertiary/aromatic N) is 2. The van der Waals surface area contributed by atoms with E-state index in [1.165, 1.54) is 0 Å². The maximum Gasteiger partial charge on any atom is 0.0787 e. The number of methoxy groups -OCH3 is 1. The van der Waals surface area contributed by atoms with Gasteiger partial charge in [-0.1, -0.05) is 6.92 Å². The van der Waals surface area contributed by atoms with Gasteiger partial charge in [-0.15, -0.1) is 0 Å². The number of piperazine rings is 1. The van der Waals surface area contributed by atoms with E-state index in [9.17, 15) is 0 Å². The van der Waals surface area contributed by atoms with Gasteiger partial charge in [0.2, 0.25) is 0 Å². The number of hydrogen-bond acceptors (Lipinski definition) is 4. The summed E-state index contributed by atoms with van der Waals surface area (Å²) >= 11 is 0. The Kier molecular flexibility index (Phi) is 6.05. The molecular formula is C14H31N3O. The third kappa shape index (κ3) is 4.19. The van der Waals surface area contributed by atoms with Crippen molar-refractivity contribution in [1.29, 1.82) is 0 Å². The summed E-state index contributed by atoms with van der Waals surface area (Å²) < 4.78 is 5.64. The molecule has 1 aliphatic heterocycles. The summed E-state index contributed by atoms with van der Waals surface area (Å²) in [5, 5.41) is 3.57. The van der Waals surface area contributed by atoms with Crippen molar-refractivity contribution in [1.82, 2.24) is 15.1 Å². The smallest absolute Gasteiger partial charge is 0.0787 e. The molecule has 0 aromatic heterocycles. The van der Waals surface area contributed by atoms with Gasteiger partial charge >= 0.3 is 0 Å². The second-order valence-electron chi connectivity index (χ2n) is 6.01. The highest BCUT2D eigenvalue weighted by atomic mass is 16.5. The molecule has 4 nitrogen and oxygen atoms in total. The largest absolute Gasteiger partial charge is 0.377 e. The molecule has 108 valence electrons. The Labute approximate surface area is 113 Å². The van der Waals surface area contributed by atoms with Crippen LogP contribution in [0.4, 0.5) is 0 Å². The lowest BCUT2D eigenvalue weighted by molar-refractivity contribution is -0.0255. The van der Waals surface area contributed by atoms with E-state index in [1.54, 1.807) is 7.11 Å². The summed E-state index contributed by atoms with van der Waals surface area (Å²) in [4.78, 5) is 4.99. The van der Waals surface area contributed by atoms with E-state index in [4.69, 9.17) is 4.74 Å². The molecule has 0 bridgehead atoms. The quantitative estimate of drug-likeness (QED) is 0.769. The van der Waals surface area contributed by atoms with Gasteiger partial charge in [-0.05, 0) is 34.4 Å².